The Morgan fingerprint density at radius 2 is 2.00 bits per heavy atom. The zero-order valence-electron chi connectivity index (χ0n) is 9.16. The van der Waals surface area contributed by atoms with Gasteiger partial charge < -0.3 is 4.90 Å². The summed E-state index contributed by atoms with van der Waals surface area (Å²) in [6.07, 6.45) is 5.20. The first-order chi connectivity index (χ1) is 7.19. The standard InChI is InChI=1S/C13H15NO/c1-4-10-14(5-2)13(15)12-8-6-11(3)7-9-12/h1,6-9H,5,10H2,2-3H3. The monoisotopic (exact) mass is 201 g/mol. The Kier molecular flexibility index (Phi) is 3.93. The normalized spacial score (nSPS) is 9.40. The van der Waals surface area contributed by atoms with Crippen LogP contribution in [0, 0.1) is 19.3 Å². The van der Waals surface area contributed by atoms with Crippen molar-refractivity contribution in [1.82, 2.24) is 4.90 Å². The van der Waals surface area contributed by atoms with Gasteiger partial charge in [0.25, 0.3) is 5.91 Å². The molecule has 0 radical (unpaired) electrons. The predicted molar refractivity (Wildman–Crippen MR) is 61.6 cm³/mol. The van der Waals surface area contributed by atoms with E-state index in [0.29, 0.717) is 18.7 Å². The molecule has 0 unspecified atom stereocenters. The number of aryl methyl sites for hydroxylation is 1. The van der Waals surface area contributed by atoms with E-state index in [1.54, 1.807) is 4.90 Å². The molecule has 0 N–H and O–H groups in total. The molecule has 2 nitrogen and oxygen atoms in total. The van der Waals surface area contributed by atoms with Gasteiger partial charge in [-0.2, -0.15) is 0 Å². The van der Waals surface area contributed by atoms with Crippen LogP contribution in [0.25, 0.3) is 0 Å². The minimum absolute atomic E-state index is 0.00421. The average molecular weight is 201 g/mol. The van der Waals surface area contributed by atoms with Gasteiger partial charge in [-0.1, -0.05) is 23.6 Å². The van der Waals surface area contributed by atoms with Crippen molar-refractivity contribution >= 4 is 5.91 Å². The number of terminal acetylenes is 1. The molecule has 2 heteroatoms. The molecule has 1 rings (SSSR count). The zero-order chi connectivity index (χ0) is 11.3. The number of carbonyl (C=O) groups excluding carboxylic acids is 1. The molecule has 0 saturated heterocycles. The van der Waals surface area contributed by atoms with Crippen LogP contribution in [0.1, 0.15) is 22.8 Å². The van der Waals surface area contributed by atoms with Gasteiger partial charge in [0.2, 0.25) is 0 Å². The van der Waals surface area contributed by atoms with Crippen molar-refractivity contribution in [1.29, 1.82) is 0 Å². The van der Waals surface area contributed by atoms with Crippen LogP contribution < -0.4 is 0 Å². The summed E-state index contributed by atoms with van der Waals surface area (Å²) in [5, 5.41) is 0. The van der Waals surface area contributed by atoms with E-state index in [1.807, 2.05) is 38.1 Å². The van der Waals surface area contributed by atoms with Crippen LogP contribution in [0.5, 0.6) is 0 Å². The summed E-state index contributed by atoms with van der Waals surface area (Å²) >= 11 is 0. The van der Waals surface area contributed by atoms with Gasteiger partial charge in [0.1, 0.15) is 0 Å². The third kappa shape index (κ3) is 2.85. The lowest BCUT2D eigenvalue weighted by molar-refractivity contribution is 0.0785. The topological polar surface area (TPSA) is 20.3 Å². The lowest BCUT2D eigenvalue weighted by atomic mass is 10.1. The molecule has 0 heterocycles. The molecule has 0 bridgehead atoms. The van der Waals surface area contributed by atoms with E-state index in [4.69, 9.17) is 6.42 Å². The summed E-state index contributed by atoms with van der Waals surface area (Å²) in [5.74, 6) is 2.48. The Bertz CT molecular complexity index is 373. The second-order valence-electron chi connectivity index (χ2n) is 3.39. The van der Waals surface area contributed by atoms with Crippen LogP contribution in [-0.2, 0) is 0 Å². The van der Waals surface area contributed by atoms with Gasteiger partial charge in [-0.05, 0) is 26.0 Å². The quantitative estimate of drug-likeness (QED) is 0.686. The summed E-state index contributed by atoms with van der Waals surface area (Å²) in [5.41, 5.74) is 1.84. The summed E-state index contributed by atoms with van der Waals surface area (Å²) in [6, 6.07) is 7.52. The molecule has 1 aromatic rings. The Labute approximate surface area is 90.9 Å². The van der Waals surface area contributed by atoms with Crippen LogP contribution >= 0.6 is 0 Å². The zero-order valence-corrected chi connectivity index (χ0v) is 9.16. The van der Waals surface area contributed by atoms with Gasteiger partial charge in [0, 0.05) is 12.1 Å². The van der Waals surface area contributed by atoms with E-state index in [9.17, 15) is 4.79 Å². The van der Waals surface area contributed by atoms with Gasteiger partial charge in [0.05, 0.1) is 6.54 Å². The Morgan fingerprint density at radius 3 is 2.47 bits per heavy atom. The molecule has 0 aliphatic carbocycles. The molecule has 15 heavy (non-hydrogen) atoms. The first kappa shape index (κ1) is 11.3. The first-order valence-electron chi connectivity index (χ1n) is 4.98. The largest absolute Gasteiger partial charge is 0.328 e. The minimum Gasteiger partial charge on any atom is -0.328 e. The van der Waals surface area contributed by atoms with E-state index in [2.05, 4.69) is 5.92 Å². The van der Waals surface area contributed by atoms with Crippen LogP contribution in [0.4, 0.5) is 0 Å². The van der Waals surface area contributed by atoms with Gasteiger partial charge >= 0.3 is 0 Å². The molecule has 0 aliphatic heterocycles. The van der Waals surface area contributed by atoms with Crippen LogP contribution in [0.2, 0.25) is 0 Å². The molecule has 1 amide bonds. The molecule has 78 valence electrons. The van der Waals surface area contributed by atoms with Crippen molar-refractivity contribution in [2.75, 3.05) is 13.1 Å². The SMILES string of the molecule is C#CCN(CC)C(=O)c1ccc(C)cc1. The Balaban J connectivity index is 2.84. The second kappa shape index (κ2) is 5.21. The highest BCUT2D eigenvalue weighted by Crippen LogP contribution is 2.06. The van der Waals surface area contributed by atoms with Crippen LogP contribution in [-0.4, -0.2) is 23.9 Å². The number of nitrogens with zero attached hydrogens (tertiary/aromatic N) is 1. The molecule has 0 spiro atoms. The van der Waals surface area contributed by atoms with Crippen molar-refractivity contribution in [2.24, 2.45) is 0 Å². The van der Waals surface area contributed by atoms with Crippen molar-refractivity contribution in [3.8, 4) is 12.3 Å². The molecule has 0 aromatic heterocycles. The maximum absolute atomic E-state index is 11.9. The lowest BCUT2D eigenvalue weighted by Crippen LogP contribution is -2.31. The number of amides is 1. The highest BCUT2D eigenvalue weighted by Gasteiger charge is 2.11. The second-order valence-corrected chi connectivity index (χ2v) is 3.39. The van der Waals surface area contributed by atoms with E-state index in [-0.39, 0.29) is 5.91 Å². The number of hydrogen-bond donors (Lipinski definition) is 0. The van der Waals surface area contributed by atoms with Crippen molar-refractivity contribution in [3.63, 3.8) is 0 Å². The highest BCUT2D eigenvalue weighted by atomic mass is 16.2. The van der Waals surface area contributed by atoms with E-state index in [0.717, 1.165) is 5.56 Å². The van der Waals surface area contributed by atoms with Crippen molar-refractivity contribution in [3.05, 3.63) is 35.4 Å². The summed E-state index contributed by atoms with van der Waals surface area (Å²) in [7, 11) is 0. The number of rotatable bonds is 3. The summed E-state index contributed by atoms with van der Waals surface area (Å²) in [6.45, 7) is 4.91. The van der Waals surface area contributed by atoms with Gasteiger partial charge in [-0.15, -0.1) is 6.42 Å². The highest BCUT2D eigenvalue weighted by molar-refractivity contribution is 5.94. The van der Waals surface area contributed by atoms with E-state index in [1.165, 1.54) is 0 Å². The molecule has 0 atom stereocenters. The molecular formula is C13H15NO. The van der Waals surface area contributed by atoms with Gasteiger partial charge in [-0.3, -0.25) is 4.79 Å². The molecule has 0 fully saturated rings. The minimum atomic E-state index is -0.00421. The number of hydrogen-bond acceptors (Lipinski definition) is 1. The fraction of sp³-hybridized carbons (Fsp3) is 0.308. The third-order valence-electron chi connectivity index (χ3n) is 2.25. The van der Waals surface area contributed by atoms with Gasteiger partial charge in [-0.25, -0.2) is 0 Å². The van der Waals surface area contributed by atoms with Crippen LogP contribution in [0.15, 0.2) is 24.3 Å². The van der Waals surface area contributed by atoms with Gasteiger partial charge in [0.15, 0.2) is 0 Å². The third-order valence-corrected chi connectivity index (χ3v) is 2.25. The number of carbonyl (C=O) groups is 1. The van der Waals surface area contributed by atoms with Crippen LogP contribution in [0.3, 0.4) is 0 Å². The van der Waals surface area contributed by atoms with E-state index < -0.39 is 0 Å². The molecular weight excluding hydrogens is 186 g/mol. The fourth-order valence-corrected chi connectivity index (χ4v) is 1.32. The maximum atomic E-state index is 11.9. The summed E-state index contributed by atoms with van der Waals surface area (Å²) in [4.78, 5) is 13.6. The van der Waals surface area contributed by atoms with Crippen molar-refractivity contribution in [2.45, 2.75) is 13.8 Å². The molecule has 0 saturated carbocycles. The lowest BCUT2D eigenvalue weighted by Gasteiger charge is -2.17. The number of benzene rings is 1. The summed E-state index contributed by atoms with van der Waals surface area (Å²) < 4.78 is 0. The Hall–Kier alpha value is -1.75. The predicted octanol–water partition coefficient (Wildman–Crippen LogP) is 2.09. The maximum Gasteiger partial charge on any atom is 0.254 e. The average Bonchev–Trinajstić information content (AvgIpc) is 2.26. The molecule has 0 aliphatic rings. The first-order valence-corrected chi connectivity index (χ1v) is 4.98. The van der Waals surface area contributed by atoms with E-state index >= 15 is 0 Å². The Morgan fingerprint density at radius 1 is 1.40 bits per heavy atom. The molecule has 1 aromatic carbocycles. The van der Waals surface area contributed by atoms with Crippen molar-refractivity contribution < 1.29 is 4.79 Å². The smallest absolute Gasteiger partial charge is 0.254 e. The fourth-order valence-electron chi connectivity index (χ4n) is 1.32.